The van der Waals surface area contributed by atoms with Gasteiger partial charge in [-0.25, -0.2) is 4.79 Å². The van der Waals surface area contributed by atoms with Crippen LogP contribution >= 0.6 is 0 Å². The zero-order valence-corrected chi connectivity index (χ0v) is 16.4. The summed E-state index contributed by atoms with van der Waals surface area (Å²) in [6.07, 6.45) is -0.202. The van der Waals surface area contributed by atoms with E-state index in [0.29, 0.717) is 17.7 Å². The molecule has 2 aromatic rings. The van der Waals surface area contributed by atoms with Crippen molar-refractivity contribution in [2.24, 2.45) is 0 Å². The fourth-order valence-corrected chi connectivity index (χ4v) is 2.64. The van der Waals surface area contributed by atoms with Crippen LogP contribution < -0.4 is 5.32 Å². The molecule has 0 unspecified atom stereocenters. The summed E-state index contributed by atoms with van der Waals surface area (Å²) < 4.78 is 5.27. The molecule has 1 N–H and O–H groups in total. The Bertz CT molecular complexity index is 832. The second-order valence-electron chi connectivity index (χ2n) is 7.73. The lowest BCUT2D eigenvalue weighted by Gasteiger charge is -2.20. The largest absolute Gasteiger partial charge is 0.444 e. The van der Waals surface area contributed by atoms with Crippen LogP contribution in [0.1, 0.15) is 53.4 Å². The van der Waals surface area contributed by atoms with E-state index < -0.39 is 11.7 Å². The fourth-order valence-electron chi connectivity index (χ4n) is 2.64. The molecule has 1 amide bonds. The first kappa shape index (κ1) is 19.7. The highest BCUT2D eigenvalue weighted by atomic mass is 16.6. The van der Waals surface area contributed by atoms with Crippen LogP contribution in [-0.2, 0) is 11.2 Å². The van der Waals surface area contributed by atoms with Crippen molar-refractivity contribution in [3.8, 4) is 0 Å². The minimum absolute atomic E-state index is 0.0178. The van der Waals surface area contributed by atoms with E-state index in [-0.39, 0.29) is 5.78 Å². The van der Waals surface area contributed by atoms with Gasteiger partial charge in [-0.05, 0) is 82.0 Å². The lowest BCUT2D eigenvalue weighted by Crippen LogP contribution is -2.27. The van der Waals surface area contributed by atoms with E-state index in [9.17, 15) is 9.59 Å². The molecule has 4 heteroatoms. The molecule has 0 bridgehead atoms. The van der Waals surface area contributed by atoms with Crippen molar-refractivity contribution in [2.45, 2.75) is 53.6 Å². The van der Waals surface area contributed by atoms with Gasteiger partial charge < -0.3 is 4.74 Å². The third kappa shape index (κ3) is 5.73. The van der Waals surface area contributed by atoms with E-state index in [4.69, 9.17) is 4.74 Å². The number of rotatable bonds is 4. The fraction of sp³-hybridized carbons (Fsp3) is 0.364. The Balaban J connectivity index is 2.16. The topological polar surface area (TPSA) is 55.4 Å². The van der Waals surface area contributed by atoms with Gasteiger partial charge in [-0.3, -0.25) is 10.1 Å². The van der Waals surface area contributed by atoms with Crippen molar-refractivity contribution in [3.63, 3.8) is 0 Å². The van der Waals surface area contributed by atoms with E-state index in [1.165, 1.54) is 11.1 Å². The van der Waals surface area contributed by atoms with Gasteiger partial charge in [0.2, 0.25) is 0 Å². The highest BCUT2D eigenvalue weighted by Crippen LogP contribution is 2.19. The SMILES string of the molecule is Cc1cc(NC(=O)OC(C)(C)C)cc(C(=O)Cc2ccc(C)c(C)c2)c1. The summed E-state index contributed by atoms with van der Waals surface area (Å²) in [5, 5.41) is 2.70. The molecular weight excluding hydrogens is 326 g/mol. The van der Waals surface area contributed by atoms with Gasteiger partial charge >= 0.3 is 6.09 Å². The van der Waals surface area contributed by atoms with Gasteiger partial charge in [0.1, 0.15) is 5.60 Å². The quantitative estimate of drug-likeness (QED) is 0.750. The first-order valence-corrected chi connectivity index (χ1v) is 8.74. The van der Waals surface area contributed by atoms with Crippen molar-refractivity contribution in [2.75, 3.05) is 5.32 Å². The minimum atomic E-state index is -0.574. The first-order chi connectivity index (χ1) is 12.0. The summed E-state index contributed by atoms with van der Waals surface area (Å²) >= 11 is 0. The lowest BCUT2D eigenvalue weighted by atomic mass is 9.98. The van der Waals surface area contributed by atoms with Crippen LogP contribution in [0.4, 0.5) is 10.5 Å². The van der Waals surface area contributed by atoms with Gasteiger partial charge in [0.25, 0.3) is 0 Å². The molecule has 0 saturated heterocycles. The number of Topliss-reactive ketones (excluding diaryl/α,β-unsaturated/α-hetero) is 1. The van der Waals surface area contributed by atoms with Crippen molar-refractivity contribution in [1.82, 2.24) is 0 Å². The van der Waals surface area contributed by atoms with Crippen LogP contribution in [0, 0.1) is 20.8 Å². The number of ether oxygens (including phenoxy) is 1. The van der Waals surface area contributed by atoms with Gasteiger partial charge in [0, 0.05) is 17.7 Å². The van der Waals surface area contributed by atoms with Gasteiger partial charge in [-0.15, -0.1) is 0 Å². The third-order valence-corrected chi connectivity index (χ3v) is 3.98. The standard InChI is InChI=1S/C22H27NO3/c1-14-9-18(13-19(10-14)23-21(25)26-22(4,5)6)20(24)12-17-8-7-15(2)16(3)11-17/h7-11,13H,12H2,1-6H3,(H,23,25). The third-order valence-electron chi connectivity index (χ3n) is 3.98. The summed E-state index contributed by atoms with van der Waals surface area (Å²) in [5.41, 5.74) is 4.84. The van der Waals surface area contributed by atoms with E-state index >= 15 is 0 Å². The number of anilines is 1. The number of ketones is 1. The molecule has 0 aromatic heterocycles. The zero-order chi connectivity index (χ0) is 19.5. The van der Waals surface area contributed by atoms with Crippen molar-refractivity contribution < 1.29 is 14.3 Å². The highest BCUT2D eigenvalue weighted by molar-refractivity contribution is 5.99. The van der Waals surface area contributed by atoms with Crippen LogP contribution in [0.3, 0.4) is 0 Å². The van der Waals surface area contributed by atoms with Gasteiger partial charge in [0.05, 0.1) is 0 Å². The smallest absolute Gasteiger partial charge is 0.412 e. The number of aryl methyl sites for hydroxylation is 3. The Labute approximate surface area is 155 Å². The van der Waals surface area contributed by atoms with E-state index in [0.717, 1.165) is 11.1 Å². The summed E-state index contributed by atoms with van der Waals surface area (Å²) in [6.45, 7) is 11.4. The number of carbonyl (C=O) groups is 2. The van der Waals surface area contributed by atoms with E-state index in [1.807, 2.05) is 44.2 Å². The predicted molar refractivity (Wildman–Crippen MR) is 105 cm³/mol. The zero-order valence-electron chi connectivity index (χ0n) is 16.4. The molecule has 2 rings (SSSR count). The number of benzene rings is 2. The molecule has 4 nitrogen and oxygen atoms in total. The summed E-state index contributed by atoms with van der Waals surface area (Å²) in [5.74, 6) is 0.0178. The highest BCUT2D eigenvalue weighted by Gasteiger charge is 2.17. The summed E-state index contributed by atoms with van der Waals surface area (Å²) in [4.78, 5) is 24.6. The molecule has 0 atom stereocenters. The molecule has 0 fully saturated rings. The molecule has 2 aromatic carbocycles. The van der Waals surface area contributed by atoms with E-state index in [2.05, 4.69) is 12.2 Å². The normalized spacial score (nSPS) is 11.2. The first-order valence-electron chi connectivity index (χ1n) is 8.74. The van der Waals surface area contributed by atoms with Crippen LogP contribution in [-0.4, -0.2) is 17.5 Å². The average molecular weight is 353 g/mol. The van der Waals surface area contributed by atoms with Crippen LogP contribution in [0.25, 0.3) is 0 Å². The lowest BCUT2D eigenvalue weighted by molar-refractivity contribution is 0.0635. The number of carbonyl (C=O) groups excluding carboxylic acids is 2. The molecule has 138 valence electrons. The summed E-state index contributed by atoms with van der Waals surface area (Å²) in [7, 11) is 0. The molecule has 0 spiro atoms. The maximum atomic E-state index is 12.7. The minimum Gasteiger partial charge on any atom is -0.444 e. The molecular formula is C22H27NO3. The Kier molecular flexibility index (Phi) is 5.86. The molecule has 0 aliphatic carbocycles. The maximum Gasteiger partial charge on any atom is 0.412 e. The molecule has 0 aliphatic rings. The van der Waals surface area contributed by atoms with Crippen LogP contribution in [0.15, 0.2) is 36.4 Å². The average Bonchev–Trinajstić information content (AvgIpc) is 2.48. The molecule has 0 aliphatic heterocycles. The number of hydrogen-bond donors (Lipinski definition) is 1. The second kappa shape index (κ2) is 7.73. The van der Waals surface area contributed by atoms with Gasteiger partial charge in [-0.2, -0.15) is 0 Å². The van der Waals surface area contributed by atoms with E-state index in [1.54, 1.807) is 26.8 Å². The second-order valence-corrected chi connectivity index (χ2v) is 7.73. The van der Waals surface area contributed by atoms with Crippen LogP contribution in [0.2, 0.25) is 0 Å². The van der Waals surface area contributed by atoms with Crippen molar-refractivity contribution >= 4 is 17.6 Å². The summed E-state index contributed by atoms with van der Waals surface area (Å²) in [6, 6.07) is 11.4. The molecule has 0 radical (unpaired) electrons. The van der Waals surface area contributed by atoms with Crippen molar-refractivity contribution in [3.05, 3.63) is 64.2 Å². The Morgan fingerprint density at radius 3 is 2.27 bits per heavy atom. The Morgan fingerprint density at radius 2 is 1.65 bits per heavy atom. The number of nitrogens with one attached hydrogen (secondary N) is 1. The molecule has 0 heterocycles. The maximum absolute atomic E-state index is 12.7. The Morgan fingerprint density at radius 1 is 0.962 bits per heavy atom. The monoisotopic (exact) mass is 353 g/mol. The van der Waals surface area contributed by atoms with Gasteiger partial charge in [-0.1, -0.05) is 18.2 Å². The predicted octanol–water partition coefficient (Wildman–Crippen LogP) is 5.38. The molecule has 0 saturated carbocycles. The molecule has 26 heavy (non-hydrogen) atoms. The van der Waals surface area contributed by atoms with Gasteiger partial charge in [0.15, 0.2) is 5.78 Å². The van der Waals surface area contributed by atoms with Crippen LogP contribution in [0.5, 0.6) is 0 Å². The number of amides is 1. The number of hydrogen-bond acceptors (Lipinski definition) is 3. The van der Waals surface area contributed by atoms with Crippen molar-refractivity contribution in [1.29, 1.82) is 0 Å². The Hall–Kier alpha value is -2.62.